The first-order valence-corrected chi connectivity index (χ1v) is 11.2. The van der Waals surface area contributed by atoms with E-state index in [4.69, 9.17) is 23.2 Å². The molecule has 2 aromatic carbocycles. The maximum atomic E-state index is 15.1. The Labute approximate surface area is 201 Å². The minimum Gasteiger partial charge on any atom is -0.393 e. The number of hydrogen-bond donors (Lipinski definition) is 5. The van der Waals surface area contributed by atoms with Crippen LogP contribution in [0.25, 0.3) is 0 Å². The van der Waals surface area contributed by atoms with Gasteiger partial charge in [0.2, 0.25) is 12.3 Å². The fraction of sp³-hybridized carbons (Fsp3) is 0.391. The number of anilines is 1. The number of benzene rings is 2. The van der Waals surface area contributed by atoms with Crippen LogP contribution in [0.5, 0.6) is 0 Å². The topological polar surface area (TPSA) is 111 Å². The largest absolute Gasteiger partial charge is 0.393 e. The Hall–Kier alpha value is -2.23. The third-order valence-electron chi connectivity index (χ3n) is 5.91. The molecule has 0 spiro atoms. The molecule has 3 unspecified atom stereocenters. The lowest BCUT2D eigenvalue weighted by atomic mass is 9.79. The summed E-state index contributed by atoms with van der Waals surface area (Å²) >= 11 is 12.1. The van der Waals surface area contributed by atoms with Crippen molar-refractivity contribution in [2.24, 2.45) is 0 Å². The van der Waals surface area contributed by atoms with Gasteiger partial charge in [0, 0.05) is 35.6 Å². The normalized spacial score (nSPS) is 21.9. The van der Waals surface area contributed by atoms with E-state index in [1.54, 1.807) is 30.3 Å². The second kappa shape index (κ2) is 10.8. The van der Waals surface area contributed by atoms with Gasteiger partial charge in [-0.25, -0.2) is 4.39 Å². The average Bonchev–Trinajstić information content (AvgIpc) is 3.20. The van der Waals surface area contributed by atoms with E-state index in [-0.39, 0.29) is 35.4 Å². The Balaban J connectivity index is 1.96. The van der Waals surface area contributed by atoms with E-state index in [0.29, 0.717) is 29.2 Å². The third kappa shape index (κ3) is 5.83. The van der Waals surface area contributed by atoms with Gasteiger partial charge in [-0.3, -0.25) is 9.59 Å². The van der Waals surface area contributed by atoms with Gasteiger partial charge in [-0.1, -0.05) is 41.4 Å². The van der Waals surface area contributed by atoms with E-state index in [1.807, 2.05) is 0 Å². The molecule has 0 aliphatic carbocycles. The molecule has 0 saturated carbocycles. The van der Waals surface area contributed by atoms with Crippen LogP contribution in [0, 0.1) is 5.82 Å². The van der Waals surface area contributed by atoms with E-state index in [1.165, 1.54) is 13.0 Å². The van der Waals surface area contributed by atoms with Gasteiger partial charge in [-0.2, -0.15) is 0 Å². The number of rotatable bonds is 9. The van der Waals surface area contributed by atoms with Crippen LogP contribution >= 0.6 is 23.2 Å². The molecule has 2 aromatic rings. The Kier molecular flexibility index (Phi) is 8.31. The molecular formula is C23H26Cl2FN3O4. The Bertz CT molecular complexity index is 1020. The summed E-state index contributed by atoms with van der Waals surface area (Å²) in [7, 11) is 0. The van der Waals surface area contributed by atoms with E-state index in [2.05, 4.69) is 16.0 Å². The van der Waals surface area contributed by atoms with Crippen LogP contribution in [0.3, 0.4) is 0 Å². The summed E-state index contributed by atoms with van der Waals surface area (Å²) in [6.45, 7) is 1.48. The molecule has 1 aliphatic rings. The quantitative estimate of drug-likeness (QED) is 0.342. The molecule has 0 aromatic heterocycles. The van der Waals surface area contributed by atoms with Gasteiger partial charge in [0.1, 0.15) is 5.82 Å². The first kappa shape index (κ1) is 25.4. The van der Waals surface area contributed by atoms with Crippen LogP contribution in [-0.4, -0.2) is 53.9 Å². The molecule has 2 amide bonds. The SMILES string of the molecule is CC(O)(CO)CCNC(=O)[C@@H]1NCC(c2ccc(Cl)cc2NC=O)C1c1cccc(Cl)c1F. The number of nitrogens with one attached hydrogen (secondary N) is 3. The van der Waals surface area contributed by atoms with Crippen molar-refractivity contribution in [2.45, 2.75) is 36.8 Å². The predicted molar refractivity (Wildman–Crippen MR) is 125 cm³/mol. The van der Waals surface area contributed by atoms with Crippen molar-refractivity contribution in [3.8, 4) is 0 Å². The zero-order chi connectivity index (χ0) is 24.2. The second-order valence-electron chi connectivity index (χ2n) is 8.35. The minimum absolute atomic E-state index is 0.0568. The lowest BCUT2D eigenvalue weighted by molar-refractivity contribution is -0.123. The number of aliphatic hydroxyl groups is 2. The van der Waals surface area contributed by atoms with Crippen molar-refractivity contribution >= 4 is 41.2 Å². The number of carbonyl (C=O) groups is 2. The van der Waals surface area contributed by atoms with Gasteiger partial charge >= 0.3 is 0 Å². The van der Waals surface area contributed by atoms with Crippen molar-refractivity contribution < 1.29 is 24.2 Å². The minimum atomic E-state index is -1.32. The van der Waals surface area contributed by atoms with Crippen molar-refractivity contribution in [3.05, 3.63) is 63.4 Å². The van der Waals surface area contributed by atoms with Crippen molar-refractivity contribution in [1.82, 2.24) is 10.6 Å². The first-order valence-electron chi connectivity index (χ1n) is 10.5. The molecule has 178 valence electrons. The molecule has 0 bridgehead atoms. The lowest BCUT2D eigenvalue weighted by Gasteiger charge is -2.27. The van der Waals surface area contributed by atoms with Crippen molar-refractivity contribution in [3.63, 3.8) is 0 Å². The molecular weight excluding hydrogens is 472 g/mol. The van der Waals surface area contributed by atoms with Crippen LogP contribution in [-0.2, 0) is 9.59 Å². The highest BCUT2D eigenvalue weighted by Gasteiger charge is 2.43. The third-order valence-corrected chi connectivity index (χ3v) is 6.43. The van der Waals surface area contributed by atoms with E-state index >= 15 is 4.39 Å². The zero-order valence-electron chi connectivity index (χ0n) is 17.9. The summed E-state index contributed by atoms with van der Waals surface area (Å²) in [6.07, 6.45) is 0.677. The summed E-state index contributed by atoms with van der Waals surface area (Å²) in [4.78, 5) is 24.2. The first-order chi connectivity index (χ1) is 15.7. The summed E-state index contributed by atoms with van der Waals surface area (Å²) < 4.78 is 15.1. The van der Waals surface area contributed by atoms with Gasteiger partial charge in [-0.05, 0) is 42.7 Å². The summed E-state index contributed by atoms with van der Waals surface area (Å²) in [5.41, 5.74) is 0.112. The highest BCUT2D eigenvalue weighted by Crippen LogP contribution is 2.44. The fourth-order valence-electron chi connectivity index (χ4n) is 4.16. The van der Waals surface area contributed by atoms with E-state index in [0.717, 1.165) is 0 Å². The molecule has 1 heterocycles. The summed E-state index contributed by atoms with van der Waals surface area (Å²) in [6, 6.07) is 8.85. The highest BCUT2D eigenvalue weighted by atomic mass is 35.5. The number of aliphatic hydroxyl groups excluding tert-OH is 1. The molecule has 4 atom stereocenters. The Morgan fingerprint density at radius 1 is 1.30 bits per heavy atom. The van der Waals surface area contributed by atoms with Crippen molar-refractivity contribution in [2.75, 3.05) is 25.0 Å². The number of hydrogen-bond acceptors (Lipinski definition) is 5. The monoisotopic (exact) mass is 497 g/mol. The van der Waals surface area contributed by atoms with Crippen molar-refractivity contribution in [1.29, 1.82) is 0 Å². The van der Waals surface area contributed by atoms with Crippen LogP contribution in [0.2, 0.25) is 10.0 Å². The fourth-order valence-corrected chi connectivity index (χ4v) is 4.51. The highest BCUT2D eigenvalue weighted by molar-refractivity contribution is 6.31. The van der Waals surface area contributed by atoms with Crippen LogP contribution in [0.1, 0.15) is 36.3 Å². The molecule has 5 N–H and O–H groups in total. The Morgan fingerprint density at radius 2 is 2.06 bits per heavy atom. The predicted octanol–water partition coefficient (Wildman–Crippen LogP) is 2.79. The van der Waals surface area contributed by atoms with Crippen LogP contribution in [0.4, 0.5) is 10.1 Å². The summed E-state index contributed by atoms with van der Waals surface area (Å²) in [5.74, 6) is -2.02. The standard InChI is InChI=1S/C23H26Cl2FN3O4/c1-23(33,11-30)7-8-27-22(32)21-19(15-3-2-4-17(25)20(15)26)16(10-28-21)14-6-5-13(24)9-18(14)29-12-31/h2-6,9,12,16,19,21,28,30,33H,7-8,10-11H2,1H3,(H,27,32)(H,29,31)/t16?,19?,21-,23?/m1/s1. The van der Waals surface area contributed by atoms with Crippen LogP contribution in [0.15, 0.2) is 36.4 Å². The average molecular weight is 498 g/mol. The van der Waals surface area contributed by atoms with Gasteiger partial charge in [0.25, 0.3) is 0 Å². The molecule has 10 heteroatoms. The molecule has 33 heavy (non-hydrogen) atoms. The smallest absolute Gasteiger partial charge is 0.237 e. The lowest BCUT2D eigenvalue weighted by Crippen LogP contribution is -2.45. The van der Waals surface area contributed by atoms with Gasteiger partial charge < -0.3 is 26.2 Å². The second-order valence-corrected chi connectivity index (χ2v) is 9.19. The maximum absolute atomic E-state index is 15.1. The maximum Gasteiger partial charge on any atom is 0.237 e. The van der Waals surface area contributed by atoms with E-state index < -0.39 is 30.0 Å². The number of amides is 2. The zero-order valence-corrected chi connectivity index (χ0v) is 19.5. The molecule has 1 fully saturated rings. The van der Waals surface area contributed by atoms with Gasteiger partial charge in [0.05, 0.1) is 23.3 Å². The molecule has 1 aliphatic heterocycles. The van der Waals surface area contributed by atoms with Gasteiger partial charge in [-0.15, -0.1) is 0 Å². The molecule has 1 saturated heterocycles. The number of carbonyl (C=O) groups excluding carboxylic acids is 2. The molecule has 3 rings (SSSR count). The van der Waals surface area contributed by atoms with Crippen LogP contribution < -0.4 is 16.0 Å². The Morgan fingerprint density at radius 3 is 2.76 bits per heavy atom. The molecule has 0 radical (unpaired) electrons. The number of halogens is 3. The molecule has 7 nitrogen and oxygen atoms in total. The van der Waals surface area contributed by atoms with Gasteiger partial charge in [0.15, 0.2) is 0 Å². The van der Waals surface area contributed by atoms with E-state index in [9.17, 15) is 19.8 Å². The summed E-state index contributed by atoms with van der Waals surface area (Å²) in [5, 5.41) is 28.1.